The van der Waals surface area contributed by atoms with Crippen LogP contribution in [0.1, 0.15) is 25.8 Å². The molecular weight excluding hydrogens is 328 g/mol. The lowest BCUT2D eigenvalue weighted by atomic mass is 10.1. The van der Waals surface area contributed by atoms with Crippen LogP contribution in [-0.4, -0.2) is 27.2 Å². The summed E-state index contributed by atoms with van der Waals surface area (Å²) in [4.78, 5) is 16.6. The molecule has 2 aromatic heterocycles. The smallest absolute Gasteiger partial charge is 0.274 e. The molecule has 1 aromatic carbocycles. The summed E-state index contributed by atoms with van der Waals surface area (Å²) in [6.45, 7) is 7.22. The number of hydrogen-bond donors (Lipinski definition) is 1. The van der Waals surface area contributed by atoms with E-state index in [2.05, 4.69) is 29.3 Å². The SMILES string of the molecule is Cc1ccc(-c2noc(-c3cccn3CC(=O)NCCC(C)C)n2)cc1. The zero-order valence-electron chi connectivity index (χ0n) is 15.4. The minimum Gasteiger partial charge on any atom is -0.355 e. The Hall–Kier alpha value is -2.89. The first kappa shape index (κ1) is 17.9. The van der Waals surface area contributed by atoms with Crippen molar-refractivity contribution in [3.63, 3.8) is 0 Å². The van der Waals surface area contributed by atoms with Crippen LogP contribution in [-0.2, 0) is 11.3 Å². The van der Waals surface area contributed by atoms with Crippen molar-refractivity contribution in [1.29, 1.82) is 0 Å². The Morgan fingerprint density at radius 1 is 1.23 bits per heavy atom. The maximum absolute atomic E-state index is 12.1. The molecule has 0 aliphatic rings. The number of nitrogens with one attached hydrogen (secondary N) is 1. The predicted octanol–water partition coefficient (Wildman–Crippen LogP) is 3.68. The van der Waals surface area contributed by atoms with Gasteiger partial charge in [-0.2, -0.15) is 4.98 Å². The largest absolute Gasteiger partial charge is 0.355 e. The highest BCUT2D eigenvalue weighted by Crippen LogP contribution is 2.23. The van der Waals surface area contributed by atoms with Gasteiger partial charge in [-0.1, -0.05) is 48.8 Å². The molecule has 0 saturated heterocycles. The average Bonchev–Trinajstić information content (AvgIpc) is 3.24. The number of hydrogen-bond acceptors (Lipinski definition) is 4. The molecule has 0 fully saturated rings. The van der Waals surface area contributed by atoms with Crippen molar-refractivity contribution in [2.75, 3.05) is 6.54 Å². The minimum atomic E-state index is -0.0265. The lowest BCUT2D eigenvalue weighted by molar-refractivity contribution is -0.121. The lowest BCUT2D eigenvalue weighted by Crippen LogP contribution is -2.29. The molecule has 0 bridgehead atoms. The van der Waals surface area contributed by atoms with Crippen LogP contribution < -0.4 is 5.32 Å². The van der Waals surface area contributed by atoms with Crippen LogP contribution in [0.5, 0.6) is 0 Å². The van der Waals surface area contributed by atoms with Crippen molar-refractivity contribution < 1.29 is 9.32 Å². The quantitative estimate of drug-likeness (QED) is 0.704. The predicted molar refractivity (Wildman–Crippen MR) is 100 cm³/mol. The van der Waals surface area contributed by atoms with Gasteiger partial charge in [0.15, 0.2) is 0 Å². The first-order chi connectivity index (χ1) is 12.5. The third-order valence-corrected chi connectivity index (χ3v) is 4.14. The zero-order chi connectivity index (χ0) is 18.5. The number of carbonyl (C=O) groups excluding carboxylic acids is 1. The van der Waals surface area contributed by atoms with Gasteiger partial charge < -0.3 is 14.4 Å². The third kappa shape index (κ3) is 4.39. The Bertz CT molecular complexity index is 862. The van der Waals surface area contributed by atoms with E-state index >= 15 is 0 Å². The molecule has 6 heteroatoms. The van der Waals surface area contributed by atoms with Crippen molar-refractivity contribution in [2.45, 2.75) is 33.7 Å². The Morgan fingerprint density at radius 2 is 2.00 bits per heavy atom. The first-order valence-corrected chi connectivity index (χ1v) is 8.86. The molecule has 0 aliphatic carbocycles. The number of nitrogens with zero attached hydrogens (tertiary/aromatic N) is 3. The van der Waals surface area contributed by atoms with Gasteiger partial charge in [0.2, 0.25) is 11.7 Å². The van der Waals surface area contributed by atoms with Gasteiger partial charge in [0, 0.05) is 18.3 Å². The molecular formula is C20H24N4O2. The number of aryl methyl sites for hydroxylation is 1. The van der Waals surface area contributed by atoms with E-state index in [1.165, 1.54) is 5.56 Å². The Morgan fingerprint density at radius 3 is 2.73 bits per heavy atom. The number of benzene rings is 1. The van der Waals surface area contributed by atoms with Gasteiger partial charge in [-0.05, 0) is 31.4 Å². The summed E-state index contributed by atoms with van der Waals surface area (Å²) in [5, 5.41) is 7.00. The summed E-state index contributed by atoms with van der Waals surface area (Å²) in [5.41, 5.74) is 2.81. The van der Waals surface area contributed by atoms with Crippen molar-refractivity contribution in [1.82, 2.24) is 20.0 Å². The van der Waals surface area contributed by atoms with Crippen LogP contribution in [0.2, 0.25) is 0 Å². The van der Waals surface area contributed by atoms with Crippen LogP contribution in [0.25, 0.3) is 23.0 Å². The summed E-state index contributed by atoms with van der Waals surface area (Å²) in [5.74, 6) is 1.48. The summed E-state index contributed by atoms with van der Waals surface area (Å²) >= 11 is 0. The molecule has 2 heterocycles. The molecule has 0 saturated carbocycles. The maximum atomic E-state index is 12.1. The van der Waals surface area contributed by atoms with Gasteiger partial charge >= 0.3 is 0 Å². The van der Waals surface area contributed by atoms with E-state index in [-0.39, 0.29) is 12.5 Å². The van der Waals surface area contributed by atoms with Gasteiger partial charge in [0.1, 0.15) is 12.2 Å². The number of amides is 1. The fourth-order valence-corrected chi connectivity index (χ4v) is 2.60. The van der Waals surface area contributed by atoms with Crippen molar-refractivity contribution in [2.24, 2.45) is 5.92 Å². The van der Waals surface area contributed by atoms with E-state index in [9.17, 15) is 4.79 Å². The highest BCUT2D eigenvalue weighted by atomic mass is 16.5. The Labute approximate surface area is 153 Å². The molecule has 3 aromatic rings. The average molecular weight is 352 g/mol. The highest BCUT2D eigenvalue weighted by Gasteiger charge is 2.15. The van der Waals surface area contributed by atoms with Gasteiger partial charge in [-0.15, -0.1) is 0 Å². The van der Waals surface area contributed by atoms with E-state index in [4.69, 9.17) is 4.52 Å². The van der Waals surface area contributed by atoms with Gasteiger partial charge in [-0.3, -0.25) is 4.79 Å². The van der Waals surface area contributed by atoms with Crippen LogP contribution in [0.15, 0.2) is 47.1 Å². The molecule has 0 aliphatic heterocycles. The van der Waals surface area contributed by atoms with Crippen LogP contribution >= 0.6 is 0 Å². The first-order valence-electron chi connectivity index (χ1n) is 8.86. The summed E-state index contributed by atoms with van der Waals surface area (Å²) in [6, 6.07) is 11.7. The molecule has 136 valence electrons. The van der Waals surface area contributed by atoms with Crippen LogP contribution in [0, 0.1) is 12.8 Å². The minimum absolute atomic E-state index is 0.0265. The number of carbonyl (C=O) groups is 1. The van der Waals surface area contributed by atoms with Crippen LogP contribution in [0.3, 0.4) is 0 Å². The van der Waals surface area contributed by atoms with Crippen molar-refractivity contribution >= 4 is 5.91 Å². The topological polar surface area (TPSA) is 73.0 Å². The second-order valence-corrected chi connectivity index (χ2v) is 6.84. The molecule has 0 radical (unpaired) electrons. The molecule has 1 N–H and O–H groups in total. The van der Waals surface area contributed by atoms with E-state index in [1.807, 2.05) is 54.1 Å². The molecule has 0 unspecified atom stereocenters. The maximum Gasteiger partial charge on any atom is 0.274 e. The fourth-order valence-electron chi connectivity index (χ4n) is 2.60. The standard InChI is InChI=1S/C20H24N4O2/c1-14(2)10-11-21-18(25)13-24-12-4-5-17(24)20-22-19(23-26-20)16-8-6-15(3)7-9-16/h4-9,12,14H,10-11,13H2,1-3H3,(H,21,25). The monoisotopic (exact) mass is 352 g/mol. The summed E-state index contributed by atoms with van der Waals surface area (Å²) in [6.07, 6.45) is 2.81. The normalized spacial score (nSPS) is 11.1. The lowest BCUT2D eigenvalue weighted by Gasteiger charge is -2.09. The highest BCUT2D eigenvalue weighted by molar-refractivity contribution is 5.76. The van der Waals surface area contributed by atoms with Gasteiger partial charge in [0.05, 0.1) is 0 Å². The molecule has 6 nitrogen and oxygen atoms in total. The van der Waals surface area contributed by atoms with E-state index in [1.54, 1.807) is 0 Å². The number of rotatable bonds is 7. The van der Waals surface area contributed by atoms with Crippen molar-refractivity contribution in [3.05, 3.63) is 48.2 Å². The van der Waals surface area contributed by atoms with E-state index in [0.717, 1.165) is 17.7 Å². The van der Waals surface area contributed by atoms with Gasteiger partial charge in [0.25, 0.3) is 5.89 Å². The van der Waals surface area contributed by atoms with Gasteiger partial charge in [-0.25, -0.2) is 0 Å². The Kier molecular flexibility index (Phi) is 5.51. The summed E-state index contributed by atoms with van der Waals surface area (Å²) < 4.78 is 7.23. The molecule has 1 amide bonds. The second kappa shape index (κ2) is 7.99. The zero-order valence-corrected chi connectivity index (χ0v) is 15.4. The molecule has 26 heavy (non-hydrogen) atoms. The van der Waals surface area contributed by atoms with Crippen LogP contribution in [0.4, 0.5) is 0 Å². The molecule has 3 rings (SSSR count). The molecule has 0 spiro atoms. The number of aromatic nitrogens is 3. The molecule has 0 atom stereocenters. The van der Waals surface area contributed by atoms with E-state index < -0.39 is 0 Å². The van der Waals surface area contributed by atoms with Crippen molar-refractivity contribution in [3.8, 4) is 23.0 Å². The third-order valence-electron chi connectivity index (χ3n) is 4.14. The second-order valence-electron chi connectivity index (χ2n) is 6.84. The summed E-state index contributed by atoms with van der Waals surface area (Å²) in [7, 11) is 0. The Balaban J connectivity index is 1.70. The van der Waals surface area contributed by atoms with E-state index in [0.29, 0.717) is 24.2 Å². The fraction of sp³-hybridized carbons (Fsp3) is 0.350.